The van der Waals surface area contributed by atoms with E-state index in [9.17, 15) is 0 Å². The minimum atomic E-state index is 0.587. The third kappa shape index (κ3) is 1.46. The average Bonchev–Trinajstić information content (AvgIpc) is 2.73. The minimum absolute atomic E-state index is 0.587. The van der Waals surface area contributed by atoms with E-state index in [0.717, 1.165) is 16.6 Å². The van der Waals surface area contributed by atoms with Crippen LogP contribution in [0.3, 0.4) is 0 Å². The number of hydrogen-bond donors (Lipinski definition) is 0. The Morgan fingerprint density at radius 2 is 1.94 bits per heavy atom. The second-order valence-electron chi connectivity index (χ2n) is 3.72. The number of aryl methyl sites for hydroxylation is 1. The van der Waals surface area contributed by atoms with Gasteiger partial charge in [-0.3, -0.25) is 0 Å². The van der Waals surface area contributed by atoms with E-state index < -0.39 is 0 Å². The second kappa shape index (κ2) is 3.45. The lowest BCUT2D eigenvalue weighted by Gasteiger charge is -1.91. The van der Waals surface area contributed by atoms with Crippen LogP contribution in [0.5, 0.6) is 0 Å². The first-order chi connectivity index (χ1) is 7.83. The maximum atomic E-state index is 5.59. The van der Waals surface area contributed by atoms with E-state index in [1.807, 2.05) is 43.3 Å². The van der Waals surface area contributed by atoms with Crippen molar-refractivity contribution < 1.29 is 4.42 Å². The highest BCUT2D eigenvalue weighted by atomic mass is 16.4. The first kappa shape index (κ1) is 9.09. The molecule has 0 saturated carbocycles. The van der Waals surface area contributed by atoms with Gasteiger partial charge in [-0.1, -0.05) is 18.2 Å². The Morgan fingerprint density at radius 3 is 2.75 bits per heavy atom. The third-order valence-electron chi connectivity index (χ3n) is 2.41. The predicted octanol–water partition coefficient (Wildman–Crippen LogP) is 3.20. The maximum absolute atomic E-state index is 5.59. The van der Waals surface area contributed by atoms with Gasteiger partial charge in [0.1, 0.15) is 5.52 Å². The Kier molecular flexibility index (Phi) is 1.96. The molecule has 0 aliphatic rings. The van der Waals surface area contributed by atoms with Crippen molar-refractivity contribution in [3.8, 4) is 11.5 Å². The number of nitrogens with zero attached hydrogens (tertiary/aromatic N) is 2. The van der Waals surface area contributed by atoms with Gasteiger partial charge in [-0.2, -0.15) is 0 Å². The van der Waals surface area contributed by atoms with Crippen LogP contribution in [0.2, 0.25) is 0 Å². The van der Waals surface area contributed by atoms with Gasteiger partial charge in [0.15, 0.2) is 0 Å². The first-order valence-corrected chi connectivity index (χ1v) is 5.11. The molecule has 3 rings (SSSR count). The number of rotatable bonds is 1. The highest BCUT2D eigenvalue weighted by Gasteiger charge is 2.08. The molecule has 2 aromatic heterocycles. The number of benzene rings is 1. The highest BCUT2D eigenvalue weighted by molar-refractivity contribution is 5.72. The van der Waals surface area contributed by atoms with Gasteiger partial charge in [-0.25, -0.2) is 9.97 Å². The predicted molar refractivity (Wildman–Crippen MR) is 62.0 cm³/mol. The van der Waals surface area contributed by atoms with Crippen molar-refractivity contribution in [2.24, 2.45) is 0 Å². The fourth-order valence-corrected chi connectivity index (χ4v) is 1.63. The molecule has 0 radical (unpaired) electrons. The van der Waals surface area contributed by atoms with Gasteiger partial charge in [-0.15, -0.1) is 0 Å². The molecule has 0 spiro atoms. The molecule has 0 fully saturated rings. The van der Waals surface area contributed by atoms with Gasteiger partial charge in [0.25, 0.3) is 0 Å². The molecule has 0 aliphatic carbocycles. The fraction of sp³-hybridized carbons (Fsp3) is 0.0769. The Morgan fingerprint density at radius 1 is 1.12 bits per heavy atom. The molecular weight excluding hydrogens is 200 g/mol. The summed E-state index contributed by atoms with van der Waals surface area (Å²) in [5, 5.41) is 0. The van der Waals surface area contributed by atoms with Gasteiger partial charge in [-0.05, 0) is 30.7 Å². The van der Waals surface area contributed by atoms with Crippen LogP contribution < -0.4 is 0 Å². The van der Waals surface area contributed by atoms with Crippen molar-refractivity contribution in [1.82, 2.24) is 9.97 Å². The molecule has 0 amide bonds. The van der Waals surface area contributed by atoms with Gasteiger partial charge < -0.3 is 4.42 Å². The third-order valence-corrected chi connectivity index (χ3v) is 2.41. The number of pyridine rings is 1. The van der Waals surface area contributed by atoms with Crippen LogP contribution in [0.1, 0.15) is 5.56 Å². The summed E-state index contributed by atoms with van der Waals surface area (Å²) in [6.45, 7) is 1.99. The molecule has 1 aromatic carbocycles. The molecule has 78 valence electrons. The summed E-state index contributed by atoms with van der Waals surface area (Å²) in [6.07, 6.45) is 1.78. The van der Waals surface area contributed by atoms with Crippen LogP contribution in [0, 0.1) is 6.92 Å². The summed E-state index contributed by atoms with van der Waals surface area (Å²) < 4.78 is 5.59. The van der Waals surface area contributed by atoms with Crippen molar-refractivity contribution in [3.63, 3.8) is 0 Å². The Labute approximate surface area is 92.8 Å². The van der Waals surface area contributed by atoms with Crippen LogP contribution in [0.15, 0.2) is 47.0 Å². The lowest BCUT2D eigenvalue weighted by atomic mass is 10.2. The molecule has 0 saturated heterocycles. The number of hydrogen-bond acceptors (Lipinski definition) is 3. The van der Waals surface area contributed by atoms with Crippen molar-refractivity contribution in [2.45, 2.75) is 6.92 Å². The number of oxazole rings is 1. The average molecular weight is 210 g/mol. The molecule has 0 unspecified atom stereocenters. The van der Waals surface area contributed by atoms with Crippen molar-refractivity contribution in [1.29, 1.82) is 0 Å². The van der Waals surface area contributed by atoms with Crippen LogP contribution >= 0.6 is 0 Å². The van der Waals surface area contributed by atoms with E-state index in [1.54, 1.807) is 6.20 Å². The second-order valence-corrected chi connectivity index (χ2v) is 3.72. The van der Waals surface area contributed by atoms with Gasteiger partial charge in [0, 0.05) is 11.8 Å². The normalized spacial score (nSPS) is 10.8. The summed E-state index contributed by atoms with van der Waals surface area (Å²) in [7, 11) is 0. The molecule has 2 heterocycles. The quantitative estimate of drug-likeness (QED) is 0.619. The summed E-state index contributed by atoms with van der Waals surface area (Å²) in [6, 6.07) is 11.8. The summed E-state index contributed by atoms with van der Waals surface area (Å²) in [5.41, 5.74) is 3.45. The molecule has 3 nitrogen and oxygen atoms in total. The smallest absolute Gasteiger partial charge is 0.247 e. The Bertz CT molecular complexity index is 629. The lowest BCUT2D eigenvalue weighted by molar-refractivity contribution is 0.607. The van der Waals surface area contributed by atoms with E-state index in [2.05, 4.69) is 9.97 Å². The van der Waals surface area contributed by atoms with E-state index in [1.165, 1.54) is 0 Å². The Hall–Kier alpha value is -2.16. The van der Waals surface area contributed by atoms with Crippen molar-refractivity contribution in [2.75, 3.05) is 0 Å². The molecule has 0 bridgehead atoms. The van der Waals surface area contributed by atoms with E-state index in [0.29, 0.717) is 11.6 Å². The molecular formula is C13H10N2O. The van der Waals surface area contributed by atoms with Crippen LogP contribution in [-0.2, 0) is 0 Å². The minimum Gasteiger partial charge on any atom is -0.418 e. The Balaban J connectivity index is 2.19. The fourth-order valence-electron chi connectivity index (χ4n) is 1.63. The topological polar surface area (TPSA) is 38.9 Å². The summed E-state index contributed by atoms with van der Waals surface area (Å²) in [4.78, 5) is 8.61. The van der Waals surface area contributed by atoms with Crippen molar-refractivity contribution in [3.05, 3.63) is 48.2 Å². The van der Waals surface area contributed by atoms with Crippen LogP contribution in [-0.4, -0.2) is 9.97 Å². The molecule has 3 aromatic rings. The SMILES string of the molecule is Cc1cnc2oc(-c3ccccc3)nc2c1. The zero-order valence-electron chi connectivity index (χ0n) is 8.84. The van der Waals surface area contributed by atoms with Crippen LogP contribution in [0.25, 0.3) is 22.7 Å². The van der Waals surface area contributed by atoms with Gasteiger partial charge in [0.2, 0.25) is 11.6 Å². The van der Waals surface area contributed by atoms with Gasteiger partial charge >= 0.3 is 0 Å². The zero-order valence-corrected chi connectivity index (χ0v) is 8.84. The number of aromatic nitrogens is 2. The van der Waals surface area contributed by atoms with Crippen LogP contribution in [0.4, 0.5) is 0 Å². The molecule has 3 heteroatoms. The monoisotopic (exact) mass is 210 g/mol. The summed E-state index contributed by atoms with van der Waals surface area (Å²) >= 11 is 0. The van der Waals surface area contributed by atoms with Crippen molar-refractivity contribution >= 4 is 11.2 Å². The summed E-state index contributed by atoms with van der Waals surface area (Å²) in [5.74, 6) is 0.619. The lowest BCUT2D eigenvalue weighted by Crippen LogP contribution is -1.77. The number of fused-ring (bicyclic) bond motifs is 1. The molecule has 0 aliphatic heterocycles. The standard InChI is InChI=1S/C13H10N2O/c1-9-7-11-13(14-8-9)16-12(15-11)10-5-3-2-4-6-10/h2-8H,1H3. The maximum Gasteiger partial charge on any atom is 0.247 e. The largest absolute Gasteiger partial charge is 0.418 e. The zero-order chi connectivity index (χ0) is 11.0. The van der Waals surface area contributed by atoms with E-state index in [4.69, 9.17) is 4.42 Å². The van der Waals surface area contributed by atoms with Gasteiger partial charge in [0.05, 0.1) is 0 Å². The molecule has 16 heavy (non-hydrogen) atoms. The first-order valence-electron chi connectivity index (χ1n) is 5.11. The van der Waals surface area contributed by atoms with E-state index >= 15 is 0 Å². The van der Waals surface area contributed by atoms with E-state index in [-0.39, 0.29) is 0 Å². The molecule has 0 N–H and O–H groups in total. The highest BCUT2D eigenvalue weighted by Crippen LogP contribution is 2.22. The molecule has 0 atom stereocenters.